The number of carbonyl (C=O) groups excluding carboxylic acids is 1. The Hall–Kier alpha value is -3.04. The minimum Gasteiger partial charge on any atom is -0.273 e. The van der Waals surface area contributed by atoms with Crippen LogP contribution in [-0.4, -0.2) is 12.1 Å². The van der Waals surface area contributed by atoms with Gasteiger partial charge in [-0.2, -0.15) is 10.4 Å². The molecule has 0 N–H and O–H groups in total. The maximum absolute atomic E-state index is 12.2. The van der Waals surface area contributed by atoms with Gasteiger partial charge >= 0.3 is 0 Å². The first kappa shape index (κ1) is 21.7. The smallest absolute Gasteiger partial charge is 0.244 e. The van der Waals surface area contributed by atoms with Gasteiger partial charge in [-0.25, -0.2) is 9.91 Å². The molecule has 0 saturated carbocycles. The Labute approximate surface area is 189 Å². The lowest BCUT2D eigenvalue weighted by atomic mass is 10.2. The predicted octanol–water partition coefficient (Wildman–Crippen LogP) is 6.65. The molecule has 0 aliphatic heterocycles. The van der Waals surface area contributed by atoms with E-state index in [1.54, 1.807) is 30.5 Å². The second-order valence-corrected chi connectivity index (χ2v) is 7.41. The number of hydrogen-bond donors (Lipinski definition) is 0. The van der Waals surface area contributed by atoms with Gasteiger partial charge in [-0.15, -0.1) is 0 Å². The van der Waals surface area contributed by atoms with E-state index in [2.05, 4.69) is 11.3 Å². The molecule has 0 heterocycles. The van der Waals surface area contributed by atoms with Crippen LogP contribution < -0.4 is 9.91 Å². The van der Waals surface area contributed by atoms with Crippen molar-refractivity contribution < 1.29 is 4.79 Å². The van der Waals surface area contributed by atoms with Crippen LogP contribution in [0.1, 0.15) is 12.5 Å². The van der Waals surface area contributed by atoms with E-state index < -0.39 is 0 Å². The average molecular weight is 458 g/mol. The van der Waals surface area contributed by atoms with Gasteiger partial charge < -0.3 is 0 Å². The van der Waals surface area contributed by atoms with Crippen molar-refractivity contribution in [1.29, 1.82) is 5.26 Å². The lowest BCUT2D eigenvalue weighted by Gasteiger charge is -2.21. The lowest BCUT2D eigenvalue weighted by Crippen LogP contribution is -2.22. The van der Waals surface area contributed by atoms with Crippen LogP contribution in [0.5, 0.6) is 0 Å². The minimum atomic E-state index is -0.322. The summed E-state index contributed by atoms with van der Waals surface area (Å²) in [5, 5.41) is 16.0. The fraction of sp³-hybridized carbons (Fsp3) is 0.0455. The van der Waals surface area contributed by atoms with Gasteiger partial charge in [0.25, 0.3) is 0 Å². The van der Waals surface area contributed by atoms with E-state index in [-0.39, 0.29) is 16.0 Å². The van der Waals surface area contributed by atoms with E-state index in [4.69, 9.17) is 34.8 Å². The van der Waals surface area contributed by atoms with E-state index in [0.29, 0.717) is 22.1 Å². The number of amides is 1. The van der Waals surface area contributed by atoms with Gasteiger partial charge in [0.05, 0.1) is 33.3 Å². The van der Waals surface area contributed by atoms with Gasteiger partial charge in [0, 0.05) is 11.9 Å². The highest BCUT2D eigenvalue weighted by Gasteiger charge is 2.20. The molecule has 0 spiro atoms. The maximum Gasteiger partial charge on any atom is 0.244 e. The molecule has 0 bridgehead atoms. The van der Waals surface area contributed by atoms with Gasteiger partial charge in [-0.05, 0) is 42.0 Å². The average Bonchev–Trinajstić information content (AvgIpc) is 2.72. The minimum absolute atomic E-state index is 0.190. The van der Waals surface area contributed by atoms with Crippen LogP contribution in [0.25, 0.3) is 0 Å². The zero-order valence-electron chi connectivity index (χ0n) is 15.8. The van der Waals surface area contributed by atoms with Gasteiger partial charge in [0.2, 0.25) is 5.91 Å². The molecule has 8 heteroatoms. The first-order chi connectivity index (χ1) is 14.4. The number of rotatable bonds is 5. The summed E-state index contributed by atoms with van der Waals surface area (Å²) >= 11 is 18.8. The molecule has 0 aromatic heterocycles. The summed E-state index contributed by atoms with van der Waals surface area (Å²) in [6.45, 7) is 1.38. The fourth-order valence-corrected chi connectivity index (χ4v) is 3.48. The molecule has 0 radical (unpaired) electrons. The Morgan fingerprint density at radius 1 is 0.967 bits per heavy atom. The number of nitriles is 1. The Bertz CT molecular complexity index is 1100. The molecule has 3 aromatic carbocycles. The predicted molar refractivity (Wildman–Crippen MR) is 123 cm³/mol. The third-order valence-electron chi connectivity index (χ3n) is 4.07. The molecule has 0 fully saturated rings. The molecule has 0 unspecified atom stereocenters. The van der Waals surface area contributed by atoms with Gasteiger partial charge in [0.15, 0.2) is 6.19 Å². The molecule has 3 rings (SSSR count). The van der Waals surface area contributed by atoms with Gasteiger partial charge in [-0.1, -0.05) is 65.1 Å². The molecule has 3 aromatic rings. The van der Waals surface area contributed by atoms with Gasteiger partial charge in [-0.3, -0.25) is 4.79 Å². The Morgan fingerprint density at radius 3 is 2.10 bits per heavy atom. The van der Waals surface area contributed by atoms with Crippen molar-refractivity contribution in [2.24, 2.45) is 5.10 Å². The van der Waals surface area contributed by atoms with Crippen LogP contribution in [0.3, 0.4) is 0 Å². The molecular formula is C22H15Cl3N4O. The molecule has 1 amide bonds. The van der Waals surface area contributed by atoms with E-state index in [1.165, 1.54) is 29.0 Å². The highest BCUT2D eigenvalue weighted by molar-refractivity contribution is 6.40. The van der Waals surface area contributed by atoms with E-state index in [0.717, 1.165) is 5.56 Å². The molecule has 0 saturated heterocycles. The molecule has 150 valence electrons. The number of anilines is 3. The Kier molecular flexibility index (Phi) is 6.96. The molecule has 0 aliphatic carbocycles. The van der Waals surface area contributed by atoms with Crippen LogP contribution in [-0.2, 0) is 4.79 Å². The third kappa shape index (κ3) is 4.92. The topological polar surface area (TPSA) is 59.7 Å². The SMILES string of the molecule is CC(=O)N(/N=C/c1ccccc1)c1cc(Cl)c(N(C#N)c2ccc(Cl)cc2)c(Cl)c1. The van der Waals surface area contributed by atoms with Crippen molar-refractivity contribution >= 4 is 64.0 Å². The Balaban J connectivity index is 1.99. The molecule has 0 atom stereocenters. The second-order valence-electron chi connectivity index (χ2n) is 6.16. The summed E-state index contributed by atoms with van der Waals surface area (Å²) in [6, 6.07) is 19.1. The molecular weight excluding hydrogens is 443 g/mol. The van der Waals surface area contributed by atoms with Crippen LogP contribution in [0, 0.1) is 11.5 Å². The van der Waals surface area contributed by atoms with Crippen LogP contribution in [0.2, 0.25) is 15.1 Å². The number of hydrazone groups is 1. The number of nitrogens with zero attached hydrogens (tertiary/aromatic N) is 4. The van der Waals surface area contributed by atoms with E-state index in [1.807, 2.05) is 30.3 Å². The van der Waals surface area contributed by atoms with Crippen molar-refractivity contribution in [3.05, 3.63) is 87.4 Å². The summed E-state index contributed by atoms with van der Waals surface area (Å²) in [5.41, 5.74) is 2.05. The van der Waals surface area contributed by atoms with Crippen LogP contribution in [0.15, 0.2) is 71.8 Å². The summed E-state index contributed by atoms with van der Waals surface area (Å²) in [5.74, 6) is -0.322. The number of halogens is 3. The van der Waals surface area contributed by atoms with Crippen molar-refractivity contribution in [2.75, 3.05) is 9.91 Å². The summed E-state index contributed by atoms with van der Waals surface area (Å²) < 4.78 is 0. The summed E-state index contributed by atoms with van der Waals surface area (Å²) in [4.78, 5) is 13.5. The van der Waals surface area contributed by atoms with Crippen LogP contribution >= 0.6 is 34.8 Å². The van der Waals surface area contributed by atoms with Crippen molar-refractivity contribution in [2.45, 2.75) is 6.92 Å². The van der Waals surface area contributed by atoms with Gasteiger partial charge in [0.1, 0.15) is 0 Å². The normalized spacial score (nSPS) is 10.6. The first-order valence-corrected chi connectivity index (χ1v) is 9.88. The second kappa shape index (κ2) is 9.64. The van der Waals surface area contributed by atoms with Crippen molar-refractivity contribution in [3.8, 4) is 6.19 Å². The first-order valence-electron chi connectivity index (χ1n) is 8.75. The van der Waals surface area contributed by atoms with Crippen molar-refractivity contribution in [3.63, 3.8) is 0 Å². The standard InChI is InChI=1S/C22H15Cl3N4O/c1-15(30)29(27-13-16-5-3-2-4-6-16)19-11-20(24)22(21(25)12-19)28(14-26)18-9-7-17(23)8-10-18/h2-13H,1H3/b27-13+. The lowest BCUT2D eigenvalue weighted by molar-refractivity contribution is -0.116. The van der Waals surface area contributed by atoms with Crippen LogP contribution in [0.4, 0.5) is 17.1 Å². The summed E-state index contributed by atoms with van der Waals surface area (Å²) in [7, 11) is 0. The molecule has 30 heavy (non-hydrogen) atoms. The zero-order valence-corrected chi connectivity index (χ0v) is 18.0. The third-order valence-corrected chi connectivity index (χ3v) is 4.90. The summed E-state index contributed by atoms with van der Waals surface area (Å²) in [6.07, 6.45) is 3.63. The number of hydrogen-bond acceptors (Lipinski definition) is 4. The highest BCUT2D eigenvalue weighted by Crippen LogP contribution is 2.41. The van der Waals surface area contributed by atoms with Crippen molar-refractivity contribution in [1.82, 2.24) is 0 Å². The molecule has 5 nitrogen and oxygen atoms in total. The highest BCUT2D eigenvalue weighted by atomic mass is 35.5. The fourth-order valence-electron chi connectivity index (χ4n) is 2.71. The zero-order chi connectivity index (χ0) is 21.7. The molecule has 0 aliphatic rings. The largest absolute Gasteiger partial charge is 0.273 e. The Morgan fingerprint density at radius 2 is 1.57 bits per heavy atom. The van der Waals surface area contributed by atoms with E-state index >= 15 is 0 Å². The quantitative estimate of drug-likeness (QED) is 0.186. The number of carbonyl (C=O) groups is 1. The van der Waals surface area contributed by atoms with E-state index in [9.17, 15) is 10.1 Å². The maximum atomic E-state index is 12.2. The monoisotopic (exact) mass is 456 g/mol. The number of benzene rings is 3.